The zero-order valence-corrected chi connectivity index (χ0v) is 13.1. The molecule has 1 aromatic rings. The van der Waals surface area contributed by atoms with E-state index < -0.39 is 10.0 Å². The SMILES string of the molecule is CN=C(NCCN1CCCS1(=O)=O)NCc1ccsc1. The van der Waals surface area contributed by atoms with Gasteiger partial charge in [0.1, 0.15) is 0 Å². The second-order valence-electron chi connectivity index (χ2n) is 4.55. The minimum Gasteiger partial charge on any atom is -0.355 e. The van der Waals surface area contributed by atoms with Crippen LogP contribution in [-0.2, 0) is 16.6 Å². The fourth-order valence-corrected chi connectivity index (χ4v) is 4.24. The van der Waals surface area contributed by atoms with Crippen LogP contribution in [0.25, 0.3) is 0 Å². The molecule has 0 aromatic carbocycles. The Morgan fingerprint density at radius 3 is 2.95 bits per heavy atom. The smallest absolute Gasteiger partial charge is 0.214 e. The molecule has 1 aliphatic rings. The molecule has 0 spiro atoms. The van der Waals surface area contributed by atoms with Gasteiger partial charge in [-0.25, -0.2) is 12.7 Å². The summed E-state index contributed by atoms with van der Waals surface area (Å²) in [6.07, 6.45) is 0.730. The van der Waals surface area contributed by atoms with E-state index in [1.807, 2.05) is 5.38 Å². The largest absolute Gasteiger partial charge is 0.355 e. The maximum atomic E-state index is 11.6. The fourth-order valence-electron chi connectivity index (χ4n) is 2.04. The predicted molar refractivity (Wildman–Crippen MR) is 82.5 cm³/mol. The third kappa shape index (κ3) is 4.19. The lowest BCUT2D eigenvalue weighted by Gasteiger charge is -2.16. The first kappa shape index (κ1) is 15.3. The Bertz CT molecular complexity index is 540. The van der Waals surface area contributed by atoms with E-state index in [9.17, 15) is 8.42 Å². The fraction of sp³-hybridized carbons (Fsp3) is 0.583. The summed E-state index contributed by atoms with van der Waals surface area (Å²) in [5.74, 6) is 0.964. The highest BCUT2D eigenvalue weighted by atomic mass is 32.2. The molecule has 0 saturated carbocycles. The molecule has 2 heterocycles. The van der Waals surface area contributed by atoms with Crippen molar-refractivity contribution in [2.45, 2.75) is 13.0 Å². The van der Waals surface area contributed by atoms with Crippen LogP contribution in [-0.4, -0.2) is 51.1 Å². The van der Waals surface area contributed by atoms with Crippen molar-refractivity contribution in [3.8, 4) is 0 Å². The Hall–Kier alpha value is -1.12. The highest BCUT2D eigenvalue weighted by Crippen LogP contribution is 2.11. The molecule has 112 valence electrons. The van der Waals surface area contributed by atoms with Crippen LogP contribution in [0.1, 0.15) is 12.0 Å². The van der Waals surface area contributed by atoms with Gasteiger partial charge in [0.25, 0.3) is 0 Å². The molecule has 0 atom stereocenters. The first-order valence-electron chi connectivity index (χ1n) is 6.55. The number of aliphatic imine (C=N–C) groups is 1. The summed E-state index contributed by atoms with van der Waals surface area (Å²) in [4.78, 5) is 4.12. The Morgan fingerprint density at radius 1 is 1.50 bits per heavy atom. The Labute approximate surface area is 124 Å². The van der Waals surface area contributed by atoms with Crippen molar-refractivity contribution in [3.63, 3.8) is 0 Å². The lowest BCUT2D eigenvalue weighted by Crippen LogP contribution is -2.41. The molecule has 0 bridgehead atoms. The van der Waals surface area contributed by atoms with Crippen LogP contribution < -0.4 is 10.6 Å². The van der Waals surface area contributed by atoms with E-state index in [0.717, 1.165) is 6.42 Å². The molecule has 2 rings (SSSR count). The molecule has 2 N–H and O–H groups in total. The van der Waals surface area contributed by atoms with Gasteiger partial charge in [-0.1, -0.05) is 0 Å². The second-order valence-corrected chi connectivity index (χ2v) is 7.42. The third-order valence-electron chi connectivity index (χ3n) is 3.12. The number of hydrogen-bond acceptors (Lipinski definition) is 4. The summed E-state index contributed by atoms with van der Waals surface area (Å²) < 4.78 is 24.8. The first-order chi connectivity index (χ1) is 9.62. The summed E-state index contributed by atoms with van der Waals surface area (Å²) in [5.41, 5.74) is 1.21. The minimum atomic E-state index is -3.01. The van der Waals surface area contributed by atoms with E-state index in [2.05, 4.69) is 27.1 Å². The maximum absolute atomic E-state index is 11.6. The summed E-state index contributed by atoms with van der Waals surface area (Å²) in [6, 6.07) is 2.06. The van der Waals surface area contributed by atoms with Crippen LogP contribution in [0.4, 0.5) is 0 Å². The van der Waals surface area contributed by atoms with Gasteiger partial charge in [-0.05, 0) is 28.8 Å². The molecule has 6 nitrogen and oxygen atoms in total. The van der Waals surface area contributed by atoms with Crippen molar-refractivity contribution >= 4 is 27.3 Å². The van der Waals surface area contributed by atoms with E-state index in [0.29, 0.717) is 32.1 Å². The highest BCUT2D eigenvalue weighted by Gasteiger charge is 2.27. The number of hydrogen-bond donors (Lipinski definition) is 2. The van der Waals surface area contributed by atoms with Crippen LogP contribution in [0.5, 0.6) is 0 Å². The predicted octanol–water partition coefficient (Wildman–Crippen LogP) is 0.449. The normalized spacial score (nSPS) is 19.1. The van der Waals surface area contributed by atoms with E-state index in [1.54, 1.807) is 18.4 Å². The third-order valence-corrected chi connectivity index (χ3v) is 5.81. The van der Waals surface area contributed by atoms with Gasteiger partial charge in [0.2, 0.25) is 10.0 Å². The number of sulfonamides is 1. The molecule has 0 amide bonds. The van der Waals surface area contributed by atoms with Crippen LogP contribution in [0.3, 0.4) is 0 Å². The number of thiophene rings is 1. The number of nitrogens with zero attached hydrogens (tertiary/aromatic N) is 2. The first-order valence-corrected chi connectivity index (χ1v) is 9.10. The van der Waals surface area contributed by atoms with Gasteiger partial charge in [-0.15, -0.1) is 0 Å². The molecule has 1 fully saturated rings. The zero-order chi connectivity index (χ0) is 14.4. The summed E-state index contributed by atoms with van der Waals surface area (Å²) in [6.45, 7) is 2.39. The number of nitrogens with one attached hydrogen (secondary N) is 2. The molecule has 8 heteroatoms. The van der Waals surface area contributed by atoms with Crippen LogP contribution in [0.15, 0.2) is 21.8 Å². The second kappa shape index (κ2) is 7.05. The van der Waals surface area contributed by atoms with Crippen molar-refractivity contribution in [1.29, 1.82) is 0 Å². The quantitative estimate of drug-likeness (QED) is 0.611. The topological polar surface area (TPSA) is 73.8 Å². The summed E-state index contributed by atoms with van der Waals surface area (Å²) in [5, 5.41) is 10.4. The van der Waals surface area contributed by atoms with Crippen LogP contribution >= 0.6 is 11.3 Å². The molecular formula is C12H20N4O2S2. The molecule has 20 heavy (non-hydrogen) atoms. The van der Waals surface area contributed by atoms with Gasteiger partial charge in [-0.2, -0.15) is 11.3 Å². The molecular weight excluding hydrogens is 296 g/mol. The molecule has 0 aliphatic carbocycles. The standard InChI is InChI=1S/C12H20N4O2S2/c1-13-12(15-9-11-3-7-19-10-11)14-4-6-16-5-2-8-20(16,17)18/h3,7,10H,2,4-6,8-9H2,1H3,(H2,13,14,15). The highest BCUT2D eigenvalue weighted by molar-refractivity contribution is 7.89. The van der Waals surface area contributed by atoms with Gasteiger partial charge in [0.15, 0.2) is 5.96 Å². The summed E-state index contributed by atoms with van der Waals surface area (Å²) in [7, 11) is -1.30. The lowest BCUT2D eigenvalue weighted by molar-refractivity contribution is 0.445. The number of guanidine groups is 1. The molecule has 0 unspecified atom stereocenters. The van der Waals surface area contributed by atoms with Crippen molar-refractivity contribution in [1.82, 2.24) is 14.9 Å². The lowest BCUT2D eigenvalue weighted by atomic mass is 10.3. The average Bonchev–Trinajstić information content (AvgIpc) is 3.03. The van der Waals surface area contributed by atoms with Gasteiger partial charge >= 0.3 is 0 Å². The van der Waals surface area contributed by atoms with E-state index in [-0.39, 0.29) is 5.75 Å². The van der Waals surface area contributed by atoms with Gasteiger partial charge in [0.05, 0.1) is 5.75 Å². The Kier molecular flexibility index (Phi) is 5.38. The zero-order valence-electron chi connectivity index (χ0n) is 11.5. The van der Waals surface area contributed by atoms with E-state index in [4.69, 9.17) is 0 Å². The molecule has 1 aliphatic heterocycles. The van der Waals surface area contributed by atoms with Crippen molar-refractivity contribution in [2.24, 2.45) is 4.99 Å². The number of rotatable bonds is 5. The minimum absolute atomic E-state index is 0.276. The Balaban J connectivity index is 1.72. The monoisotopic (exact) mass is 316 g/mol. The van der Waals surface area contributed by atoms with Crippen molar-refractivity contribution < 1.29 is 8.42 Å². The van der Waals surface area contributed by atoms with Gasteiger partial charge in [-0.3, -0.25) is 4.99 Å². The van der Waals surface area contributed by atoms with Crippen molar-refractivity contribution in [3.05, 3.63) is 22.4 Å². The average molecular weight is 316 g/mol. The van der Waals surface area contributed by atoms with Crippen LogP contribution in [0, 0.1) is 0 Å². The van der Waals surface area contributed by atoms with Gasteiger partial charge < -0.3 is 10.6 Å². The van der Waals surface area contributed by atoms with Crippen molar-refractivity contribution in [2.75, 3.05) is 32.4 Å². The summed E-state index contributed by atoms with van der Waals surface area (Å²) >= 11 is 1.66. The van der Waals surface area contributed by atoms with Gasteiger partial charge in [0, 0.05) is 33.2 Å². The Morgan fingerprint density at radius 2 is 2.35 bits per heavy atom. The molecule has 0 radical (unpaired) electrons. The molecule has 1 aromatic heterocycles. The van der Waals surface area contributed by atoms with E-state index >= 15 is 0 Å². The van der Waals surface area contributed by atoms with E-state index in [1.165, 1.54) is 9.87 Å². The molecule has 1 saturated heterocycles. The van der Waals surface area contributed by atoms with Crippen LogP contribution in [0.2, 0.25) is 0 Å². The maximum Gasteiger partial charge on any atom is 0.214 e.